The first-order valence-electron chi connectivity index (χ1n) is 5.36. The molecule has 16 heavy (non-hydrogen) atoms. The summed E-state index contributed by atoms with van der Waals surface area (Å²) in [4.78, 5) is 11.3. The van der Waals surface area contributed by atoms with E-state index in [0.29, 0.717) is 13.0 Å². The van der Waals surface area contributed by atoms with Crippen molar-refractivity contribution in [3.8, 4) is 0 Å². The van der Waals surface area contributed by atoms with Crippen LogP contribution in [-0.2, 0) is 14.9 Å². The number of ether oxygens (including phenoxy) is 1. The molecule has 0 aromatic heterocycles. The molecule has 1 rings (SSSR count). The predicted octanol–water partition coefficient (Wildman–Crippen LogP) is 1.77. The molecular formula is C13H19NO2. The maximum absolute atomic E-state index is 11.3. The normalized spacial score (nSPS) is 14.2. The summed E-state index contributed by atoms with van der Waals surface area (Å²) in [6.45, 7) is 4.43. The third-order valence-electron chi connectivity index (χ3n) is 2.96. The van der Waals surface area contributed by atoms with Gasteiger partial charge in [-0.1, -0.05) is 36.8 Å². The number of hydrogen-bond acceptors (Lipinski definition) is 3. The van der Waals surface area contributed by atoms with Gasteiger partial charge in [-0.05, 0) is 12.5 Å². The van der Waals surface area contributed by atoms with E-state index in [1.807, 2.05) is 38.1 Å². The van der Waals surface area contributed by atoms with Gasteiger partial charge in [0, 0.05) is 12.0 Å². The number of aryl methyl sites for hydroxylation is 1. The van der Waals surface area contributed by atoms with Crippen LogP contribution in [0.25, 0.3) is 0 Å². The number of benzene rings is 1. The Morgan fingerprint density at radius 1 is 1.38 bits per heavy atom. The fraction of sp³-hybridized carbons (Fsp3) is 0.462. The van der Waals surface area contributed by atoms with Crippen molar-refractivity contribution in [2.45, 2.75) is 25.7 Å². The summed E-state index contributed by atoms with van der Waals surface area (Å²) in [5.74, 6) is -0.228. The van der Waals surface area contributed by atoms with Crippen LogP contribution in [0.3, 0.4) is 0 Å². The maximum Gasteiger partial charge on any atom is 0.306 e. The minimum absolute atomic E-state index is 0.228. The number of carbonyl (C=O) groups excluding carboxylic acids is 1. The Balaban J connectivity index is 2.95. The van der Waals surface area contributed by atoms with Crippen molar-refractivity contribution in [3.63, 3.8) is 0 Å². The average Bonchev–Trinajstić information content (AvgIpc) is 2.29. The van der Waals surface area contributed by atoms with Crippen molar-refractivity contribution in [1.82, 2.24) is 0 Å². The van der Waals surface area contributed by atoms with Gasteiger partial charge in [-0.15, -0.1) is 0 Å². The lowest BCUT2D eigenvalue weighted by molar-refractivity contribution is -0.141. The number of nitrogens with two attached hydrogens (primary N) is 1. The van der Waals surface area contributed by atoms with Crippen molar-refractivity contribution >= 4 is 5.97 Å². The standard InChI is InChI=1S/C13H19NO2/c1-10-4-6-11(7-5-10)13(2,9-14)8-12(15)16-3/h4-7H,8-9,14H2,1-3H3. The summed E-state index contributed by atoms with van der Waals surface area (Å²) in [6, 6.07) is 8.09. The van der Waals surface area contributed by atoms with Crippen LogP contribution in [0.4, 0.5) is 0 Å². The van der Waals surface area contributed by atoms with Crippen LogP contribution in [0.15, 0.2) is 24.3 Å². The Morgan fingerprint density at radius 3 is 2.38 bits per heavy atom. The van der Waals surface area contributed by atoms with E-state index in [1.165, 1.54) is 12.7 Å². The van der Waals surface area contributed by atoms with Gasteiger partial charge in [0.25, 0.3) is 0 Å². The zero-order valence-corrected chi connectivity index (χ0v) is 10.1. The molecule has 0 fully saturated rings. The van der Waals surface area contributed by atoms with Crippen molar-refractivity contribution < 1.29 is 9.53 Å². The van der Waals surface area contributed by atoms with E-state index in [0.717, 1.165) is 5.56 Å². The number of esters is 1. The number of carbonyl (C=O) groups is 1. The first-order chi connectivity index (χ1) is 7.51. The van der Waals surface area contributed by atoms with Gasteiger partial charge in [0.1, 0.15) is 0 Å². The Hall–Kier alpha value is -1.35. The van der Waals surface area contributed by atoms with Gasteiger partial charge >= 0.3 is 5.97 Å². The summed E-state index contributed by atoms with van der Waals surface area (Å²) in [5, 5.41) is 0. The molecule has 1 aromatic rings. The molecule has 0 saturated heterocycles. The van der Waals surface area contributed by atoms with Gasteiger partial charge in [-0.3, -0.25) is 4.79 Å². The number of hydrogen-bond donors (Lipinski definition) is 1. The summed E-state index contributed by atoms with van der Waals surface area (Å²) in [6.07, 6.45) is 0.309. The molecule has 3 heteroatoms. The highest BCUT2D eigenvalue weighted by atomic mass is 16.5. The SMILES string of the molecule is COC(=O)CC(C)(CN)c1ccc(C)cc1. The van der Waals surface area contributed by atoms with Crippen LogP contribution in [0.1, 0.15) is 24.5 Å². The Kier molecular flexibility index (Phi) is 4.07. The largest absolute Gasteiger partial charge is 0.469 e. The lowest BCUT2D eigenvalue weighted by Crippen LogP contribution is -2.34. The van der Waals surface area contributed by atoms with E-state index in [1.54, 1.807) is 0 Å². The lowest BCUT2D eigenvalue weighted by atomic mass is 9.79. The molecule has 0 spiro atoms. The fourth-order valence-corrected chi connectivity index (χ4v) is 1.64. The van der Waals surface area contributed by atoms with Crippen LogP contribution in [0.5, 0.6) is 0 Å². The van der Waals surface area contributed by atoms with E-state index >= 15 is 0 Å². The molecule has 3 nitrogen and oxygen atoms in total. The van der Waals surface area contributed by atoms with E-state index in [4.69, 9.17) is 10.5 Å². The highest BCUT2D eigenvalue weighted by Gasteiger charge is 2.28. The molecule has 0 radical (unpaired) electrons. The Morgan fingerprint density at radius 2 is 1.94 bits per heavy atom. The molecule has 0 amide bonds. The number of rotatable bonds is 4. The van der Waals surface area contributed by atoms with Gasteiger partial charge in [0.2, 0.25) is 0 Å². The van der Waals surface area contributed by atoms with Crippen molar-refractivity contribution in [2.24, 2.45) is 5.73 Å². The molecule has 1 aromatic carbocycles. The van der Waals surface area contributed by atoms with E-state index < -0.39 is 0 Å². The Bertz CT molecular complexity index is 359. The first kappa shape index (κ1) is 12.7. The molecule has 0 aliphatic carbocycles. The lowest BCUT2D eigenvalue weighted by Gasteiger charge is -2.27. The van der Waals surface area contributed by atoms with Gasteiger partial charge in [-0.25, -0.2) is 0 Å². The summed E-state index contributed by atoms with van der Waals surface area (Å²) in [5.41, 5.74) is 7.70. The molecule has 0 heterocycles. The molecule has 0 bridgehead atoms. The quantitative estimate of drug-likeness (QED) is 0.788. The zero-order chi connectivity index (χ0) is 12.2. The van der Waals surface area contributed by atoms with Crippen LogP contribution in [0, 0.1) is 6.92 Å². The van der Waals surface area contributed by atoms with Crippen molar-refractivity contribution in [1.29, 1.82) is 0 Å². The summed E-state index contributed by atoms with van der Waals surface area (Å²) < 4.78 is 4.70. The van der Waals surface area contributed by atoms with Crippen LogP contribution < -0.4 is 5.73 Å². The minimum Gasteiger partial charge on any atom is -0.469 e. The number of methoxy groups -OCH3 is 1. The van der Waals surface area contributed by atoms with Crippen LogP contribution in [-0.4, -0.2) is 19.6 Å². The topological polar surface area (TPSA) is 52.3 Å². The molecule has 0 aliphatic rings. The van der Waals surface area contributed by atoms with Crippen LogP contribution in [0.2, 0.25) is 0 Å². The third-order valence-corrected chi connectivity index (χ3v) is 2.96. The second kappa shape index (κ2) is 5.12. The van der Waals surface area contributed by atoms with E-state index in [-0.39, 0.29) is 11.4 Å². The summed E-state index contributed by atoms with van der Waals surface area (Å²) >= 11 is 0. The van der Waals surface area contributed by atoms with Gasteiger partial charge in [0.15, 0.2) is 0 Å². The minimum atomic E-state index is -0.346. The van der Waals surface area contributed by atoms with Gasteiger partial charge < -0.3 is 10.5 Å². The van der Waals surface area contributed by atoms with Crippen molar-refractivity contribution in [3.05, 3.63) is 35.4 Å². The van der Waals surface area contributed by atoms with Crippen LogP contribution >= 0.6 is 0 Å². The first-order valence-corrected chi connectivity index (χ1v) is 5.36. The zero-order valence-electron chi connectivity index (χ0n) is 10.1. The molecular weight excluding hydrogens is 202 g/mol. The van der Waals surface area contributed by atoms with E-state index in [2.05, 4.69) is 0 Å². The Labute approximate surface area is 96.6 Å². The molecule has 88 valence electrons. The highest BCUT2D eigenvalue weighted by molar-refractivity contribution is 5.71. The molecule has 0 aliphatic heterocycles. The average molecular weight is 221 g/mol. The van der Waals surface area contributed by atoms with Crippen molar-refractivity contribution in [2.75, 3.05) is 13.7 Å². The molecule has 0 saturated carbocycles. The van der Waals surface area contributed by atoms with E-state index in [9.17, 15) is 4.79 Å². The monoisotopic (exact) mass is 221 g/mol. The second-order valence-corrected chi connectivity index (χ2v) is 4.38. The van der Waals surface area contributed by atoms with Gasteiger partial charge in [0.05, 0.1) is 13.5 Å². The van der Waals surface area contributed by atoms with Gasteiger partial charge in [-0.2, -0.15) is 0 Å². The smallest absolute Gasteiger partial charge is 0.306 e. The maximum atomic E-state index is 11.3. The fourth-order valence-electron chi connectivity index (χ4n) is 1.64. The summed E-state index contributed by atoms with van der Waals surface area (Å²) in [7, 11) is 1.40. The highest BCUT2D eigenvalue weighted by Crippen LogP contribution is 2.27. The predicted molar refractivity (Wildman–Crippen MR) is 64.2 cm³/mol. The molecule has 2 N–H and O–H groups in total. The molecule has 1 atom stereocenters. The third kappa shape index (κ3) is 2.83. The second-order valence-electron chi connectivity index (χ2n) is 4.38. The molecule has 1 unspecified atom stereocenters.